The number of para-hydroxylation sites is 1. The zero-order valence-corrected chi connectivity index (χ0v) is 11.1. The third-order valence-corrected chi connectivity index (χ3v) is 4.14. The van der Waals surface area contributed by atoms with Gasteiger partial charge in [0.15, 0.2) is 0 Å². The number of nitrogens with zero attached hydrogens (tertiary/aromatic N) is 2. The summed E-state index contributed by atoms with van der Waals surface area (Å²) >= 11 is 0. The first-order chi connectivity index (χ1) is 8.84. The lowest BCUT2D eigenvalue weighted by Crippen LogP contribution is -2.45. The molecule has 0 spiro atoms. The summed E-state index contributed by atoms with van der Waals surface area (Å²) in [4.78, 5) is 5.04. The fraction of sp³-hybridized carbons (Fsp3) is 0.600. The SMILES string of the molecule is CN1CCN(C2CCCOc3ccccc32)CC1. The molecule has 0 N–H and O–H groups in total. The standard InChI is InChI=1S/C15H22N2O/c1-16-8-10-17(11-9-16)14-6-4-12-18-15-7-3-2-5-13(14)15/h2-3,5,7,14H,4,6,8-12H2,1H3. The Labute approximate surface area is 109 Å². The summed E-state index contributed by atoms with van der Waals surface area (Å²) in [7, 11) is 2.21. The molecule has 98 valence electrons. The topological polar surface area (TPSA) is 15.7 Å². The fourth-order valence-corrected chi connectivity index (χ4v) is 3.01. The van der Waals surface area contributed by atoms with E-state index in [2.05, 4.69) is 41.1 Å². The van der Waals surface area contributed by atoms with Gasteiger partial charge in [0, 0.05) is 37.8 Å². The van der Waals surface area contributed by atoms with Gasteiger partial charge in [-0.05, 0) is 26.0 Å². The van der Waals surface area contributed by atoms with Crippen molar-refractivity contribution in [2.24, 2.45) is 0 Å². The Kier molecular flexibility index (Phi) is 3.52. The highest BCUT2D eigenvalue weighted by atomic mass is 16.5. The van der Waals surface area contributed by atoms with Crippen molar-refractivity contribution in [3.05, 3.63) is 29.8 Å². The average Bonchev–Trinajstić information content (AvgIpc) is 2.62. The Morgan fingerprint density at radius 1 is 1.11 bits per heavy atom. The van der Waals surface area contributed by atoms with Gasteiger partial charge in [0.1, 0.15) is 5.75 Å². The van der Waals surface area contributed by atoms with Gasteiger partial charge in [-0.2, -0.15) is 0 Å². The number of benzene rings is 1. The van der Waals surface area contributed by atoms with Crippen LogP contribution in [0.5, 0.6) is 5.75 Å². The van der Waals surface area contributed by atoms with E-state index in [1.807, 2.05) is 0 Å². The number of likely N-dealkylation sites (N-methyl/N-ethyl adjacent to an activating group) is 1. The summed E-state index contributed by atoms with van der Waals surface area (Å²) in [5.41, 5.74) is 1.39. The van der Waals surface area contributed by atoms with Crippen LogP contribution in [0.2, 0.25) is 0 Å². The highest BCUT2D eigenvalue weighted by molar-refractivity contribution is 5.36. The molecule has 3 nitrogen and oxygen atoms in total. The second-order valence-corrected chi connectivity index (χ2v) is 5.38. The lowest BCUT2D eigenvalue weighted by molar-refractivity contribution is 0.107. The zero-order valence-electron chi connectivity index (χ0n) is 11.1. The summed E-state index contributed by atoms with van der Waals surface area (Å²) in [6.45, 7) is 5.57. The van der Waals surface area contributed by atoms with Gasteiger partial charge < -0.3 is 9.64 Å². The first kappa shape index (κ1) is 12.0. The number of piperazine rings is 1. The predicted octanol–water partition coefficient (Wildman–Crippen LogP) is 2.15. The minimum absolute atomic E-state index is 0.553. The minimum atomic E-state index is 0.553. The molecule has 2 aliphatic rings. The second-order valence-electron chi connectivity index (χ2n) is 5.38. The second kappa shape index (κ2) is 5.29. The predicted molar refractivity (Wildman–Crippen MR) is 73.0 cm³/mol. The lowest BCUT2D eigenvalue weighted by Gasteiger charge is -2.38. The number of fused-ring (bicyclic) bond motifs is 1. The van der Waals surface area contributed by atoms with E-state index in [1.54, 1.807) is 0 Å². The molecule has 0 aliphatic carbocycles. The Balaban J connectivity index is 1.83. The van der Waals surface area contributed by atoms with Crippen molar-refractivity contribution in [3.63, 3.8) is 0 Å². The third kappa shape index (κ3) is 2.38. The minimum Gasteiger partial charge on any atom is -0.493 e. The van der Waals surface area contributed by atoms with Crippen molar-refractivity contribution in [3.8, 4) is 5.75 Å². The van der Waals surface area contributed by atoms with Crippen LogP contribution in [0, 0.1) is 0 Å². The van der Waals surface area contributed by atoms with Crippen LogP contribution >= 0.6 is 0 Å². The Morgan fingerprint density at radius 2 is 1.89 bits per heavy atom. The summed E-state index contributed by atoms with van der Waals surface area (Å²) in [5, 5.41) is 0. The molecule has 1 aromatic rings. The largest absolute Gasteiger partial charge is 0.493 e. The molecular weight excluding hydrogens is 224 g/mol. The van der Waals surface area contributed by atoms with Crippen molar-refractivity contribution >= 4 is 0 Å². The van der Waals surface area contributed by atoms with Crippen LogP contribution in [0.1, 0.15) is 24.4 Å². The number of ether oxygens (including phenoxy) is 1. The van der Waals surface area contributed by atoms with E-state index in [1.165, 1.54) is 38.2 Å². The van der Waals surface area contributed by atoms with E-state index in [-0.39, 0.29) is 0 Å². The van der Waals surface area contributed by atoms with Crippen LogP contribution in [0.3, 0.4) is 0 Å². The van der Waals surface area contributed by atoms with Gasteiger partial charge in [-0.15, -0.1) is 0 Å². The maximum Gasteiger partial charge on any atom is 0.124 e. The Hall–Kier alpha value is -1.06. The summed E-state index contributed by atoms with van der Waals surface area (Å²) in [6, 6.07) is 9.12. The highest BCUT2D eigenvalue weighted by Crippen LogP contribution is 2.35. The molecule has 1 saturated heterocycles. The van der Waals surface area contributed by atoms with Gasteiger partial charge in [-0.25, -0.2) is 0 Å². The van der Waals surface area contributed by atoms with Crippen LogP contribution < -0.4 is 4.74 Å². The summed E-state index contributed by atoms with van der Waals surface area (Å²) < 4.78 is 5.85. The maximum atomic E-state index is 5.85. The molecular formula is C15H22N2O. The van der Waals surface area contributed by atoms with Crippen LogP contribution in [-0.4, -0.2) is 49.6 Å². The van der Waals surface area contributed by atoms with Gasteiger partial charge in [0.2, 0.25) is 0 Å². The van der Waals surface area contributed by atoms with Crippen molar-refractivity contribution < 1.29 is 4.74 Å². The normalized spacial score (nSPS) is 26.2. The molecule has 0 radical (unpaired) electrons. The van der Waals surface area contributed by atoms with Gasteiger partial charge in [-0.1, -0.05) is 18.2 Å². The number of rotatable bonds is 1. The molecule has 2 heterocycles. The monoisotopic (exact) mass is 246 g/mol. The smallest absolute Gasteiger partial charge is 0.124 e. The van der Waals surface area contributed by atoms with Crippen LogP contribution in [-0.2, 0) is 0 Å². The molecule has 1 unspecified atom stereocenters. The van der Waals surface area contributed by atoms with Crippen LogP contribution in [0.25, 0.3) is 0 Å². The fourth-order valence-electron chi connectivity index (χ4n) is 3.01. The van der Waals surface area contributed by atoms with E-state index in [0.29, 0.717) is 6.04 Å². The van der Waals surface area contributed by atoms with Crippen molar-refractivity contribution in [1.29, 1.82) is 0 Å². The quantitative estimate of drug-likeness (QED) is 0.755. The van der Waals surface area contributed by atoms with Gasteiger partial charge >= 0.3 is 0 Å². The van der Waals surface area contributed by atoms with Gasteiger partial charge in [0.05, 0.1) is 6.61 Å². The van der Waals surface area contributed by atoms with E-state index < -0.39 is 0 Å². The molecule has 3 heteroatoms. The van der Waals surface area contributed by atoms with E-state index >= 15 is 0 Å². The molecule has 3 rings (SSSR count). The van der Waals surface area contributed by atoms with E-state index in [9.17, 15) is 0 Å². The van der Waals surface area contributed by atoms with Crippen molar-refractivity contribution in [2.75, 3.05) is 39.8 Å². The summed E-state index contributed by atoms with van der Waals surface area (Å²) in [6.07, 6.45) is 2.38. The van der Waals surface area contributed by atoms with Crippen molar-refractivity contribution in [2.45, 2.75) is 18.9 Å². The molecule has 0 saturated carbocycles. The molecule has 0 bridgehead atoms. The van der Waals surface area contributed by atoms with E-state index in [0.717, 1.165) is 18.8 Å². The third-order valence-electron chi connectivity index (χ3n) is 4.14. The molecule has 2 aliphatic heterocycles. The molecule has 1 fully saturated rings. The van der Waals surface area contributed by atoms with Crippen LogP contribution in [0.15, 0.2) is 24.3 Å². The molecule has 0 aromatic heterocycles. The molecule has 18 heavy (non-hydrogen) atoms. The zero-order chi connectivity index (χ0) is 12.4. The lowest BCUT2D eigenvalue weighted by atomic mass is 9.99. The first-order valence-electron chi connectivity index (χ1n) is 6.99. The average molecular weight is 246 g/mol. The molecule has 1 aromatic carbocycles. The van der Waals surface area contributed by atoms with Gasteiger partial charge in [0.25, 0.3) is 0 Å². The first-order valence-corrected chi connectivity index (χ1v) is 6.99. The van der Waals surface area contributed by atoms with Crippen molar-refractivity contribution in [1.82, 2.24) is 9.80 Å². The number of hydrogen-bond acceptors (Lipinski definition) is 3. The van der Waals surface area contributed by atoms with E-state index in [4.69, 9.17) is 4.74 Å². The maximum absolute atomic E-state index is 5.85. The Morgan fingerprint density at radius 3 is 2.72 bits per heavy atom. The number of hydrogen-bond donors (Lipinski definition) is 0. The van der Waals surface area contributed by atoms with Crippen LogP contribution in [0.4, 0.5) is 0 Å². The molecule has 1 atom stereocenters. The summed E-state index contributed by atoms with van der Waals surface area (Å²) in [5.74, 6) is 1.10. The highest BCUT2D eigenvalue weighted by Gasteiger charge is 2.27. The van der Waals surface area contributed by atoms with Gasteiger partial charge in [-0.3, -0.25) is 4.90 Å². The molecule has 0 amide bonds. The Bertz CT molecular complexity index is 399.